The van der Waals surface area contributed by atoms with Crippen molar-refractivity contribution in [2.75, 3.05) is 6.54 Å². The molecule has 0 fully saturated rings. The summed E-state index contributed by atoms with van der Waals surface area (Å²) in [6.07, 6.45) is 0.727. The summed E-state index contributed by atoms with van der Waals surface area (Å²) in [5.41, 5.74) is 1.90. The molecule has 0 unspecified atom stereocenters. The van der Waals surface area contributed by atoms with Crippen LogP contribution < -0.4 is 10.1 Å². The molecule has 1 N–H and O–H groups in total. The number of alkyl halides is 2. The van der Waals surface area contributed by atoms with Crippen LogP contribution in [0.5, 0.6) is 5.75 Å². The van der Waals surface area contributed by atoms with Crippen molar-refractivity contribution in [3.8, 4) is 5.75 Å². The molecule has 0 aliphatic heterocycles. The molecule has 0 atom stereocenters. The average molecular weight is 295 g/mol. The Kier molecular flexibility index (Phi) is 5.63. The summed E-state index contributed by atoms with van der Waals surface area (Å²) in [4.78, 5) is 0. The largest absolute Gasteiger partial charge is 0.435 e. The third-order valence-corrected chi connectivity index (χ3v) is 2.96. The van der Waals surface area contributed by atoms with E-state index in [-0.39, 0.29) is 11.6 Å². The molecule has 0 aliphatic carbocycles. The number of hydrogen-bond donors (Lipinski definition) is 1. The molecule has 2 aromatic carbocycles. The van der Waals surface area contributed by atoms with Crippen molar-refractivity contribution in [3.63, 3.8) is 0 Å². The molecule has 0 spiro atoms. The summed E-state index contributed by atoms with van der Waals surface area (Å²) in [5, 5.41) is 3.22. The van der Waals surface area contributed by atoms with Gasteiger partial charge in [-0.2, -0.15) is 8.78 Å². The second kappa shape index (κ2) is 7.69. The topological polar surface area (TPSA) is 21.3 Å². The molecule has 21 heavy (non-hydrogen) atoms. The monoisotopic (exact) mass is 295 g/mol. The highest BCUT2D eigenvalue weighted by Crippen LogP contribution is 2.14. The van der Waals surface area contributed by atoms with Crippen molar-refractivity contribution in [1.29, 1.82) is 0 Å². The van der Waals surface area contributed by atoms with Crippen LogP contribution in [0.25, 0.3) is 0 Å². The van der Waals surface area contributed by atoms with Crippen molar-refractivity contribution in [2.45, 2.75) is 19.6 Å². The zero-order valence-corrected chi connectivity index (χ0v) is 11.4. The first-order valence-corrected chi connectivity index (χ1v) is 6.62. The molecule has 0 amide bonds. The summed E-state index contributed by atoms with van der Waals surface area (Å²) in [6.45, 7) is -1.48. The maximum atomic E-state index is 13.0. The Morgan fingerprint density at radius 2 is 1.76 bits per heavy atom. The van der Waals surface area contributed by atoms with Crippen LogP contribution in [0.1, 0.15) is 11.1 Å². The van der Waals surface area contributed by atoms with Gasteiger partial charge in [-0.05, 0) is 48.4 Å². The smallest absolute Gasteiger partial charge is 0.387 e. The van der Waals surface area contributed by atoms with E-state index in [1.54, 1.807) is 18.2 Å². The highest BCUT2D eigenvalue weighted by Gasteiger charge is 2.03. The van der Waals surface area contributed by atoms with Gasteiger partial charge in [0.15, 0.2) is 0 Å². The molecule has 2 aromatic rings. The number of rotatable bonds is 7. The highest BCUT2D eigenvalue weighted by molar-refractivity contribution is 5.27. The fraction of sp³-hybridized carbons (Fsp3) is 0.250. The number of ether oxygens (including phenoxy) is 1. The van der Waals surface area contributed by atoms with Crippen molar-refractivity contribution in [1.82, 2.24) is 5.32 Å². The molecule has 0 saturated heterocycles. The Bertz CT molecular complexity index is 558. The van der Waals surface area contributed by atoms with Gasteiger partial charge in [0.05, 0.1) is 0 Å². The minimum absolute atomic E-state index is 0.147. The lowest BCUT2D eigenvalue weighted by molar-refractivity contribution is -0.0498. The molecule has 0 aromatic heterocycles. The third kappa shape index (κ3) is 5.47. The van der Waals surface area contributed by atoms with E-state index < -0.39 is 6.61 Å². The Labute approximate surface area is 121 Å². The van der Waals surface area contributed by atoms with E-state index in [0.717, 1.165) is 17.5 Å². The van der Waals surface area contributed by atoms with Crippen LogP contribution in [0.15, 0.2) is 48.5 Å². The van der Waals surface area contributed by atoms with Gasteiger partial charge in [-0.25, -0.2) is 4.39 Å². The Morgan fingerprint density at radius 1 is 1.00 bits per heavy atom. The predicted octanol–water partition coefficient (Wildman–Crippen LogP) is 3.76. The van der Waals surface area contributed by atoms with Gasteiger partial charge in [0, 0.05) is 6.54 Å². The van der Waals surface area contributed by atoms with Crippen LogP contribution in [-0.2, 0) is 13.0 Å². The number of halogens is 3. The minimum Gasteiger partial charge on any atom is -0.435 e. The fourth-order valence-electron chi connectivity index (χ4n) is 1.95. The fourth-order valence-corrected chi connectivity index (χ4v) is 1.95. The molecular formula is C16H16F3NO. The molecule has 112 valence electrons. The van der Waals surface area contributed by atoms with E-state index in [9.17, 15) is 13.2 Å². The summed E-state index contributed by atoms with van der Waals surface area (Å²) in [6, 6.07) is 13.0. The van der Waals surface area contributed by atoms with E-state index in [1.807, 2.05) is 6.07 Å². The normalized spacial score (nSPS) is 10.9. The quantitative estimate of drug-likeness (QED) is 0.785. The Morgan fingerprint density at radius 3 is 2.43 bits per heavy atom. The minimum atomic E-state index is -2.81. The van der Waals surface area contributed by atoms with Gasteiger partial charge in [0.1, 0.15) is 11.6 Å². The lowest BCUT2D eigenvalue weighted by Crippen LogP contribution is -2.16. The van der Waals surface area contributed by atoms with Gasteiger partial charge in [-0.3, -0.25) is 0 Å². The SMILES string of the molecule is Fc1cccc(CCNCc2ccc(OC(F)F)cc2)c1. The van der Waals surface area contributed by atoms with Crippen LogP contribution in [0.3, 0.4) is 0 Å². The lowest BCUT2D eigenvalue weighted by Gasteiger charge is -2.07. The van der Waals surface area contributed by atoms with E-state index in [0.29, 0.717) is 13.1 Å². The van der Waals surface area contributed by atoms with Gasteiger partial charge in [-0.1, -0.05) is 24.3 Å². The van der Waals surface area contributed by atoms with E-state index >= 15 is 0 Å². The summed E-state index contributed by atoms with van der Waals surface area (Å²) < 4.78 is 41.3. The van der Waals surface area contributed by atoms with Gasteiger partial charge in [-0.15, -0.1) is 0 Å². The first-order valence-electron chi connectivity index (χ1n) is 6.62. The van der Waals surface area contributed by atoms with E-state index in [4.69, 9.17) is 0 Å². The number of hydrogen-bond acceptors (Lipinski definition) is 2. The third-order valence-electron chi connectivity index (χ3n) is 2.96. The van der Waals surface area contributed by atoms with Gasteiger partial charge < -0.3 is 10.1 Å². The molecule has 2 rings (SSSR count). The molecule has 0 heterocycles. The van der Waals surface area contributed by atoms with Gasteiger partial charge in [0.25, 0.3) is 0 Å². The van der Waals surface area contributed by atoms with Crippen LogP contribution >= 0.6 is 0 Å². The maximum absolute atomic E-state index is 13.0. The zero-order chi connectivity index (χ0) is 15.1. The van der Waals surface area contributed by atoms with Crippen molar-refractivity contribution in [2.24, 2.45) is 0 Å². The summed E-state index contributed by atoms with van der Waals surface area (Å²) in [5.74, 6) is -0.0874. The van der Waals surface area contributed by atoms with E-state index in [2.05, 4.69) is 10.1 Å². The van der Waals surface area contributed by atoms with Crippen molar-refractivity contribution in [3.05, 3.63) is 65.5 Å². The first kappa shape index (κ1) is 15.4. The molecule has 0 aliphatic rings. The number of nitrogens with one attached hydrogen (secondary N) is 1. The lowest BCUT2D eigenvalue weighted by atomic mass is 10.1. The summed E-state index contributed by atoms with van der Waals surface area (Å²) >= 11 is 0. The van der Waals surface area contributed by atoms with Crippen molar-refractivity contribution < 1.29 is 17.9 Å². The van der Waals surface area contributed by atoms with Crippen LogP contribution in [-0.4, -0.2) is 13.2 Å². The molecule has 0 saturated carbocycles. The van der Waals surface area contributed by atoms with Crippen LogP contribution in [0.4, 0.5) is 13.2 Å². The van der Waals surface area contributed by atoms with Crippen LogP contribution in [0.2, 0.25) is 0 Å². The van der Waals surface area contributed by atoms with Gasteiger partial charge >= 0.3 is 6.61 Å². The van der Waals surface area contributed by atoms with Crippen molar-refractivity contribution >= 4 is 0 Å². The molecule has 0 radical (unpaired) electrons. The predicted molar refractivity (Wildman–Crippen MR) is 74.9 cm³/mol. The first-order chi connectivity index (χ1) is 10.1. The van der Waals surface area contributed by atoms with Gasteiger partial charge in [0.2, 0.25) is 0 Å². The maximum Gasteiger partial charge on any atom is 0.387 e. The average Bonchev–Trinajstić information content (AvgIpc) is 2.45. The second-order valence-corrected chi connectivity index (χ2v) is 4.58. The van der Waals surface area contributed by atoms with E-state index in [1.165, 1.54) is 24.3 Å². The highest BCUT2D eigenvalue weighted by atomic mass is 19.3. The standard InChI is InChI=1S/C16H16F3NO/c17-14-3-1-2-12(10-14)8-9-20-11-13-4-6-15(7-5-13)21-16(18)19/h1-7,10,16,20H,8-9,11H2. The van der Waals surface area contributed by atoms with Crippen LogP contribution in [0, 0.1) is 5.82 Å². The molecule has 0 bridgehead atoms. The zero-order valence-electron chi connectivity index (χ0n) is 11.4. The Balaban J connectivity index is 1.73. The molecule has 5 heteroatoms. The second-order valence-electron chi connectivity index (χ2n) is 4.58. The molecular weight excluding hydrogens is 279 g/mol. The Hall–Kier alpha value is -2.01. The summed E-state index contributed by atoms with van der Waals surface area (Å²) in [7, 11) is 0. The number of benzene rings is 2. The molecule has 2 nitrogen and oxygen atoms in total.